The molecule has 6 nitrogen and oxygen atoms in total. The number of ether oxygens (including phenoxy) is 3. The van der Waals surface area contributed by atoms with Crippen molar-refractivity contribution < 1.29 is 23.8 Å². The van der Waals surface area contributed by atoms with Crippen LogP contribution in [0, 0.1) is 11.8 Å². The molecule has 0 radical (unpaired) electrons. The minimum absolute atomic E-state index is 0.00265. The van der Waals surface area contributed by atoms with Gasteiger partial charge in [-0.2, -0.15) is 0 Å². The number of nitrogens with one attached hydrogen (secondary N) is 1. The Hall–Kier alpha value is -1.14. The number of rotatable bonds is 5. The molecule has 4 fully saturated rings. The quantitative estimate of drug-likeness (QED) is 0.605. The van der Waals surface area contributed by atoms with E-state index in [4.69, 9.17) is 14.2 Å². The number of carbonyl (C=O) groups excluding carboxylic acids is 2. The summed E-state index contributed by atoms with van der Waals surface area (Å²) in [6.45, 7) is 6.37. The van der Waals surface area contributed by atoms with Crippen molar-refractivity contribution in [3.05, 3.63) is 0 Å². The van der Waals surface area contributed by atoms with Crippen LogP contribution in [0.3, 0.4) is 0 Å². The van der Waals surface area contributed by atoms with Crippen molar-refractivity contribution in [2.24, 2.45) is 11.8 Å². The molecule has 6 heteroatoms. The molecule has 2 heterocycles. The van der Waals surface area contributed by atoms with E-state index >= 15 is 0 Å². The van der Waals surface area contributed by atoms with Crippen LogP contribution in [-0.2, 0) is 23.8 Å². The maximum atomic E-state index is 12.4. The van der Waals surface area contributed by atoms with Crippen molar-refractivity contribution >= 4 is 11.9 Å². The van der Waals surface area contributed by atoms with E-state index in [0.717, 1.165) is 38.5 Å². The average Bonchev–Trinajstić information content (AvgIpc) is 3.44. The molecule has 7 unspecified atom stereocenters. The maximum absolute atomic E-state index is 12.4. The zero-order valence-corrected chi connectivity index (χ0v) is 15.4. The molecule has 25 heavy (non-hydrogen) atoms. The van der Waals surface area contributed by atoms with Gasteiger partial charge in [-0.05, 0) is 65.2 Å². The van der Waals surface area contributed by atoms with Crippen LogP contribution < -0.4 is 5.32 Å². The largest absolute Gasteiger partial charge is 0.464 e. The van der Waals surface area contributed by atoms with E-state index in [0.29, 0.717) is 18.6 Å². The Bertz CT molecular complexity index is 580. The van der Waals surface area contributed by atoms with Gasteiger partial charge in [0.25, 0.3) is 0 Å². The normalized spacial score (nSPS) is 45.6. The minimum Gasteiger partial charge on any atom is -0.464 e. The van der Waals surface area contributed by atoms with Crippen molar-refractivity contribution in [3.63, 3.8) is 0 Å². The summed E-state index contributed by atoms with van der Waals surface area (Å²) in [5.41, 5.74) is 0.0891. The van der Waals surface area contributed by atoms with Gasteiger partial charge in [-0.3, -0.25) is 4.79 Å². The fourth-order valence-electron chi connectivity index (χ4n) is 4.47. The summed E-state index contributed by atoms with van der Waals surface area (Å²) in [5, 5.41) is 2.82. The first-order valence-electron chi connectivity index (χ1n) is 9.62. The molecular formula is C19H29NO5. The molecule has 1 amide bonds. The molecule has 0 aromatic heterocycles. The molecule has 0 aromatic rings. The van der Waals surface area contributed by atoms with Gasteiger partial charge in [-0.15, -0.1) is 0 Å². The van der Waals surface area contributed by atoms with Crippen LogP contribution in [0.25, 0.3) is 0 Å². The highest BCUT2D eigenvalue weighted by Gasteiger charge is 2.56. The van der Waals surface area contributed by atoms with Crippen molar-refractivity contribution in [2.45, 2.75) is 88.7 Å². The Morgan fingerprint density at radius 1 is 1.12 bits per heavy atom. The fourth-order valence-corrected chi connectivity index (χ4v) is 4.47. The third-order valence-corrected chi connectivity index (χ3v) is 6.70. The van der Waals surface area contributed by atoms with E-state index in [-0.39, 0.29) is 35.1 Å². The van der Waals surface area contributed by atoms with E-state index in [1.165, 1.54) is 0 Å². The van der Waals surface area contributed by atoms with Gasteiger partial charge in [-0.1, -0.05) is 0 Å². The number of amides is 1. The van der Waals surface area contributed by atoms with Crippen molar-refractivity contribution in [1.29, 1.82) is 0 Å². The van der Waals surface area contributed by atoms with Gasteiger partial charge < -0.3 is 19.5 Å². The monoisotopic (exact) mass is 351 g/mol. The standard InChI is InChI=1S/C19H29NO5/c1-11(20-16(21)13-5-7-19(3)15(9-13)25-19)17(22)23-10-12-4-6-18(2)14(8-12)24-18/h11-15H,4-10H2,1-3H3,(H,20,21). The molecule has 2 saturated carbocycles. The van der Waals surface area contributed by atoms with Crippen molar-refractivity contribution in [2.75, 3.05) is 6.61 Å². The molecule has 2 saturated heterocycles. The van der Waals surface area contributed by atoms with Gasteiger partial charge in [0.05, 0.1) is 30.0 Å². The molecular weight excluding hydrogens is 322 g/mol. The van der Waals surface area contributed by atoms with Gasteiger partial charge in [0.2, 0.25) is 5.91 Å². The molecule has 140 valence electrons. The van der Waals surface area contributed by atoms with Gasteiger partial charge in [0.15, 0.2) is 0 Å². The third kappa shape index (κ3) is 3.43. The summed E-state index contributed by atoms with van der Waals surface area (Å²) < 4.78 is 16.8. The number of carbonyl (C=O) groups is 2. The molecule has 4 rings (SSSR count). The van der Waals surface area contributed by atoms with E-state index in [1.54, 1.807) is 6.92 Å². The predicted molar refractivity (Wildman–Crippen MR) is 89.8 cm³/mol. The number of esters is 1. The van der Waals surface area contributed by atoms with Crippen LogP contribution in [0.4, 0.5) is 0 Å². The van der Waals surface area contributed by atoms with E-state index < -0.39 is 6.04 Å². The lowest BCUT2D eigenvalue weighted by atomic mass is 9.82. The van der Waals surface area contributed by atoms with Gasteiger partial charge in [0, 0.05) is 5.92 Å². The first-order valence-corrected chi connectivity index (χ1v) is 9.62. The zero-order chi connectivity index (χ0) is 17.8. The lowest BCUT2D eigenvalue weighted by Crippen LogP contribution is -2.44. The number of hydrogen-bond acceptors (Lipinski definition) is 5. The van der Waals surface area contributed by atoms with Gasteiger partial charge >= 0.3 is 5.97 Å². The predicted octanol–water partition coefficient (Wildman–Crippen LogP) is 1.95. The van der Waals surface area contributed by atoms with E-state index in [2.05, 4.69) is 19.2 Å². The highest BCUT2D eigenvalue weighted by Crippen LogP contribution is 2.50. The summed E-state index contributed by atoms with van der Waals surface area (Å²) >= 11 is 0. The average molecular weight is 351 g/mol. The molecule has 2 aliphatic carbocycles. The van der Waals surface area contributed by atoms with Crippen LogP contribution in [0.5, 0.6) is 0 Å². The highest BCUT2D eigenvalue weighted by atomic mass is 16.6. The summed E-state index contributed by atoms with van der Waals surface area (Å²) in [4.78, 5) is 24.6. The Morgan fingerprint density at radius 3 is 2.40 bits per heavy atom. The minimum atomic E-state index is -0.605. The summed E-state index contributed by atoms with van der Waals surface area (Å²) in [5.74, 6) is -0.0853. The first-order chi connectivity index (χ1) is 11.8. The van der Waals surface area contributed by atoms with Crippen molar-refractivity contribution in [1.82, 2.24) is 5.32 Å². The van der Waals surface area contributed by atoms with Crippen LogP contribution >= 0.6 is 0 Å². The molecule has 0 spiro atoms. The molecule has 0 bridgehead atoms. The Morgan fingerprint density at radius 2 is 1.76 bits per heavy atom. The maximum Gasteiger partial charge on any atom is 0.328 e. The van der Waals surface area contributed by atoms with Crippen LogP contribution in [-0.4, -0.2) is 47.9 Å². The Kier molecular flexibility index (Phi) is 4.11. The van der Waals surface area contributed by atoms with Gasteiger partial charge in [-0.25, -0.2) is 4.79 Å². The third-order valence-electron chi connectivity index (χ3n) is 6.70. The lowest BCUT2D eigenvalue weighted by Gasteiger charge is -2.24. The SMILES string of the molecule is CC(NC(=O)C1CCC2(C)OC2C1)C(=O)OCC1CCC2(C)OC2C1. The second kappa shape index (κ2) is 5.95. The van der Waals surface area contributed by atoms with E-state index in [1.807, 2.05) is 0 Å². The number of epoxide rings is 2. The first kappa shape index (κ1) is 17.3. The van der Waals surface area contributed by atoms with Crippen molar-refractivity contribution in [3.8, 4) is 0 Å². The number of fused-ring (bicyclic) bond motifs is 2. The molecule has 2 aliphatic heterocycles. The van der Waals surface area contributed by atoms with E-state index in [9.17, 15) is 9.59 Å². The topological polar surface area (TPSA) is 80.5 Å². The lowest BCUT2D eigenvalue weighted by molar-refractivity contribution is -0.149. The second-order valence-electron chi connectivity index (χ2n) is 8.81. The molecule has 1 N–H and O–H groups in total. The number of hydrogen-bond donors (Lipinski definition) is 1. The molecule has 0 aromatic carbocycles. The molecule has 4 aliphatic rings. The smallest absolute Gasteiger partial charge is 0.328 e. The summed E-state index contributed by atoms with van der Waals surface area (Å²) in [7, 11) is 0. The summed E-state index contributed by atoms with van der Waals surface area (Å²) in [6.07, 6.45) is 6.07. The van der Waals surface area contributed by atoms with Gasteiger partial charge in [0.1, 0.15) is 6.04 Å². The second-order valence-corrected chi connectivity index (χ2v) is 8.81. The summed E-state index contributed by atoms with van der Waals surface area (Å²) in [6, 6.07) is -0.605. The Labute approximate surface area is 148 Å². The van der Waals surface area contributed by atoms with Crippen LogP contribution in [0.2, 0.25) is 0 Å². The fraction of sp³-hybridized carbons (Fsp3) is 0.895. The Balaban J connectivity index is 1.18. The zero-order valence-electron chi connectivity index (χ0n) is 15.4. The van der Waals surface area contributed by atoms with Crippen LogP contribution in [0.1, 0.15) is 59.3 Å². The molecule has 7 atom stereocenters. The van der Waals surface area contributed by atoms with Crippen LogP contribution in [0.15, 0.2) is 0 Å². The highest BCUT2D eigenvalue weighted by molar-refractivity contribution is 5.85.